The molecular formula is C14H17Cl2N3. The van der Waals surface area contributed by atoms with E-state index in [1.807, 2.05) is 14.0 Å². The van der Waals surface area contributed by atoms with Crippen LogP contribution in [0, 0.1) is 6.92 Å². The second kappa shape index (κ2) is 6.31. The van der Waals surface area contributed by atoms with Crippen molar-refractivity contribution in [3.63, 3.8) is 0 Å². The van der Waals surface area contributed by atoms with Gasteiger partial charge in [-0.25, -0.2) is 0 Å². The Balaban J connectivity index is 2.02. The Morgan fingerprint density at radius 1 is 1.26 bits per heavy atom. The fraction of sp³-hybridized carbons (Fsp3) is 0.357. The van der Waals surface area contributed by atoms with Gasteiger partial charge in [0.2, 0.25) is 0 Å². The molecule has 3 nitrogen and oxygen atoms in total. The van der Waals surface area contributed by atoms with Gasteiger partial charge >= 0.3 is 0 Å². The number of halogens is 2. The summed E-state index contributed by atoms with van der Waals surface area (Å²) in [6, 6.07) is 8.29. The summed E-state index contributed by atoms with van der Waals surface area (Å²) in [6.45, 7) is 2.64. The van der Waals surface area contributed by atoms with Crippen molar-refractivity contribution in [1.29, 1.82) is 0 Å². The first-order chi connectivity index (χ1) is 9.11. The van der Waals surface area contributed by atoms with E-state index in [0.29, 0.717) is 17.6 Å². The van der Waals surface area contributed by atoms with Gasteiger partial charge in [0.15, 0.2) is 0 Å². The number of nitrogens with one attached hydrogen (secondary N) is 1. The van der Waals surface area contributed by atoms with Crippen LogP contribution in [0.3, 0.4) is 0 Å². The molecule has 0 fully saturated rings. The molecule has 19 heavy (non-hydrogen) atoms. The Bertz CT molecular complexity index is 547. The van der Waals surface area contributed by atoms with Gasteiger partial charge in [-0.2, -0.15) is 5.10 Å². The maximum atomic E-state index is 6.19. The predicted octanol–water partition coefficient (Wildman–Crippen LogP) is 3.78. The minimum Gasteiger partial charge on any atom is -0.381 e. The summed E-state index contributed by atoms with van der Waals surface area (Å²) in [4.78, 5) is 0. The smallest absolute Gasteiger partial charge is 0.131 e. The number of aryl methyl sites for hydroxylation is 3. The summed E-state index contributed by atoms with van der Waals surface area (Å²) in [5, 5.41) is 8.33. The van der Waals surface area contributed by atoms with E-state index in [2.05, 4.69) is 34.7 Å². The molecule has 0 unspecified atom stereocenters. The molecule has 0 atom stereocenters. The highest BCUT2D eigenvalue weighted by atomic mass is 35.5. The monoisotopic (exact) mass is 297 g/mol. The molecule has 2 rings (SSSR count). The molecule has 2 aromatic rings. The topological polar surface area (TPSA) is 29.9 Å². The minimum atomic E-state index is 0.650. The quantitative estimate of drug-likeness (QED) is 0.851. The lowest BCUT2D eigenvalue weighted by Gasteiger charge is -2.07. The molecule has 0 saturated heterocycles. The van der Waals surface area contributed by atoms with E-state index < -0.39 is 0 Å². The van der Waals surface area contributed by atoms with Crippen LogP contribution in [0.2, 0.25) is 5.15 Å². The van der Waals surface area contributed by atoms with E-state index in [9.17, 15) is 0 Å². The Kier molecular flexibility index (Phi) is 4.72. The highest BCUT2D eigenvalue weighted by Gasteiger charge is 2.10. The van der Waals surface area contributed by atoms with Crippen LogP contribution < -0.4 is 5.32 Å². The second-order valence-corrected chi connectivity index (χ2v) is 5.20. The van der Waals surface area contributed by atoms with Gasteiger partial charge in [-0.1, -0.05) is 23.7 Å². The zero-order valence-electron chi connectivity index (χ0n) is 11.1. The molecule has 0 aliphatic heterocycles. The number of hydrogen-bond donors (Lipinski definition) is 1. The first-order valence-electron chi connectivity index (χ1n) is 6.18. The van der Waals surface area contributed by atoms with Gasteiger partial charge in [0, 0.05) is 30.7 Å². The predicted molar refractivity (Wildman–Crippen MR) is 81.1 cm³/mol. The van der Waals surface area contributed by atoms with Crippen molar-refractivity contribution in [3.05, 3.63) is 46.2 Å². The summed E-state index contributed by atoms with van der Waals surface area (Å²) in [6.07, 6.45) is 0.898. The van der Waals surface area contributed by atoms with Crippen LogP contribution in [-0.2, 0) is 20.0 Å². The lowest BCUT2D eigenvalue weighted by Crippen LogP contribution is -2.01. The van der Waals surface area contributed by atoms with E-state index in [4.69, 9.17) is 23.2 Å². The molecule has 0 radical (unpaired) electrons. The van der Waals surface area contributed by atoms with Crippen LogP contribution in [0.4, 0.5) is 5.69 Å². The fourth-order valence-electron chi connectivity index (χ4n) is 1.96. The lowest BCUT2D eigenvalue weighted by atomic mass is 10.1. The Hall–Kier alpha value is -1.19. The van der Waals surface area contributed by atoms with E-state index in [1.165, 1.54) is 5.56 Å². The molecule has 0 aliphatic rings. The van der Waals surface area contributed by atoms with E-state index in [-0.39, 0.29) is 0 Å². The van der Waals surface area contributed by atoms with Gasteiger partial charge in [-0.3, -0.25) is 4.68 Å². The Morgan fingerprint density at radius 2 is 1.95 bits per heavy atom. The van der Waals surface area contributed by atoms with Gasteiger partial charge in [-0.15, -0.1) is 11.6 Å². The number of nitrogens with zero attached hydrogens (tertiary/aromatic N) is 2. The maximum Gasteiger partial charge on any atom is 0.131 e. The molecule has 1 heterocycles. The van der Waals surface area contributed by atoms with E-state index in [0.717, 1.165) is 23.4 Å². The summed E-state index contributed by atoms with van der Waals surface area (Å²) < 4.78 is 1.69. The number of hydrogen-bond acceptors (Lipinski definition) is 2. The Morgan fingerprint density at radius 3 is 2.47 bits per heavy atom. The average molecular weight is 298 g/mol. The first kappa shape index (κ1) is 14.2. The SMILES string of the molecule is Cc1nn(C)c(Cl)c1CNc1ccc(CCCl)cc1. The summed E-state index contributed by atoms with van der Waals surface area (Å²) in [7, 11) is 1.85. The fourth-order valence-corrected chi connectivity index (χ4v) is 2.42. The molecule has 0 bridgehead atoms. The van der Waals surface area contributed by atoms with Crippen LogP contribution in [0.1, 0.15) is 16.8 Å². The molecule has 1 aromatic heterocycles. The van der Waals surface area contributed by atoms with Crippen molar-refractivity contribution in [1.82, 2.24) is 9.78 Å². The number of benzene rings is 1. The average Bonchev–Trinajstić information content (AvgIpc) is 2.64. The largest absolute Gasteiger partial charge is 0.381 e. The molecule has 0 amide bonds. The van der Waals surface area contributed by atoms with Crippen LogP contribution in [0.25, 0.3) is 0 Å². The standard InChI is InChI=1S/C14H17Cl2N3/c1-10-13(14(16)19(2)18-10)9-17-12-5-3-11(4-6-12)7-8-15/h3-6,17H,7-9H2,1-2H3. The van der Waals surface area contributed by atoms with Crippen molar-refractivity contribution in [3.8, 4) is 0 Å². The number of anilines is 1. The van der Waals surface area contributed by atoms with Crippen molar-refractivity contribution in [2.24, 2.45) is 7.05 Å². The van der Waals surface area contributed by atoms with Crippen molar-refractivity contribution < 1.29 is 0 Å². The third kappa shape index (κ3) is 3.43. The van der Waals surface area contributed by atoms with Crippen molar-refractivity contribution >= 4 is 28.9 Å². The van der Waals surface area contributed by atoms with E-state index >= 15 is 0 Å². The molecule has 102 valence electrons. The summed E-state index contributed by atoms with van der Waals surface area (Å²) in [5.41, 5.74) is 4.31. The van der Waals surface area contributed by atoms with Crippen molar-refractivity contribution in [2.45, 2.75) is 19.9 Å². The van der Waals surface area contributed by atoms with Gasteiger partial charge < -0.3 is 5.32 Å². The van der Waals surface area contributed by atoms with Crippen LogP contribution in [0.15, 0.2) is 24.3 Å². The van der Waals surface area contributed by atoms with Crippen LogP contribution >= 0.6 is 23.2 Å². The zero-order valence-corrected chi connectivity index (χ0v) is 12.6. The zero-order chi connectivity index (χ0) is 13.8. The van der Waals surface area contributed by atoms with Gasteiger partial charge in [0.1, 0.15) is 5.15 Å². The first-order valence-corrected chi connectivity index (χ1v) is 7.10. The summed E-state index contributed by atoms with van der Waals surface area (Å²) in [5.74, 6) is 0.650. The van der Waals surface area contributed by atoms with Gasteiger partial charge in [0.05, 0.1) is 5.69 Å². The van der Waals surface area contributed by atoms with Crippen LogP contribution in [0.5, 0.6) is 0 Å². The molecule has 1 aromatic carbocycles. The molecule has 0 aliphatic carbocycles. The number of alkyl halides is 1. The molecule has 0 saturated carbocycles. The summed E-state index contributed by atoms with van der Waals surface area (Å²) >= 11 is 11.9. The second-order valence-electron chi connectivity index (χ2n) is 4.47. The molecule has 0 spiro atoms. The Labute approximate surface area is 123 Å². The highest BCUT2D eigenvalue weighted by molar-refractivity contribution is 6.30. The molecule has 5 heteroatoms. The number of aromatic nitrogens is 2. The normalized spacial score (nSPS) is 10.7. The van der Waals surface area contributed by atoms with Crippen LogP contribution in [-0.4, -0.2) is 15.7 Å². The highest BCUT2D eigenvalue weighted by Crippen LogP contribution is 2.20. The lowest BCUT2D eigenvalue weighted by molar-refractivity contribution is 0.757. The third-order valence-corrected chi connectivity index (χ3v) is 3.74. The molecular weight excluding hydrogens is 281 g/mol. The minimum absolute atomic E-state index is 0.650. The van der Waals surface area contributed by atoms with E-state index in [1.54, 1.807) is 4.68 Å². The van der Waals surface area contributed by atoms with Gasteiger partial charge in [-0.05, 0) is 31.0 Å². The third-order valence-electron chi connectivity index (χ3n) is 3.08. The van der Waals surface area contributed by atoms with Gasteiger partial charge in [0.25, 0.3) is 0 Å². The van der Waals surface area contributed by atoms with Crippen molar-refractivity contribution in [2.75, 3.05) is 11.2 Å². The number of rotatable bonds is 5. The maximum absolute atomic E-state index is 6.19. The molecule has 1 N–H and O–H groups in total.